The van der Waals surface area contributed by atoms with E-state index >= 15 is 0 Å². The molecule has 1 aliphatic carbocycles. The normalized spacial score (nSPS) is 25.0. The van der Waals surface area contributed by atoms with Crippen molar-refractivity contribution in [1.82, 2.24) is 5.32 Å². The van der Waals surface area contributed by atoms with Gasteiger partial charge in [-0.25, -0.2) is 0 Å². The Morgan fingerprint density at radius 2 is 1.95 bits per heavy atom. The topological polar surface area (TPSA) is 12.0 Å². The molecule has 2 heteroatoms. The van der Waals surface area contributed by atoms with E-state index < -0.39 is 0 Å². The highest BCUT2D eigenvalue weighted by molar-refractivity contribution is 7.07. The molecule has 1 aliphatic rings. The number of nitrogens with one attached hydrogen (secondary N) is 1. The Kier molecular flexibility index (Phi) is 6.31. The van der Waals surface area contributed by atoms with Crippen LogP contribution in [-0.4, -0.2) is 12.6 Å². The fourth-order valence-electron chi connectivity index (χ4n) is 3.79. The van der Waals surface area contributed by atoms with Gasteiger partial charge in [0.05, 0.1) is 0 Å². The third-order valence-electron chi connectivity index (χ3n) is 5.26. The minimum Gasteiger partial charge on any atom is -0.313 e. The molecule has 1 fully saturated rings. The second-order valence-electron chi connectivity index (χ2n) is 7.87. The van der Waals surface area contributed by atoms with Crippen LogP contribution < -0.4 is 5.32 Å². The van der Waals surface area contributed by atoms with Gasteiger partial charge in [0.1, 0.15) is 0 Å². The summed E-state index contributed by atoms with van der Waals surface area (Å²) in [5.74, 6) is 1.79. The first-order chi connectivity index (χ1) is 10.0. The molecule has 0 bridgehead atoms. The van der Waals surface area contributed by atoms with Gasteiger partial charge in [-0.05, 0) is 84.7 Å². The fourth-order valence-corrected chi connectivity index (χ4v) is 4.47. The molecule has 1 aromatic rings. The minimum atomic E-state index is 0.491. The van der Waals surface area contributed by atoms with Crippen molar-refractivity contribution in [1.29, 1.82) is 0 Å². The van der Waals surface area contributed by atoms with Crippen LogP contribution >= 0.6 is 11.3 Å². The van der Waals surface area contributed by atoms with E-state index in [1.54, 1.807) is 0 Å². The van der Waals surface area contributed by atoms with E-state index in [0.29, 0.717) is 11.5 Å². The van der Waals surface area contributed by atoms with Crippen LogP contribution in [-0.2, 0) is 6.42 Å². The van der Waals surface area contributed by atoms with Crippen molar-refractivity contribution in [3.05, 3.63) is 22.4 Å². The summed E-state index contributed by atoms with van der Waals surface area (Å²) in [4.78, 5) is 0. The number of thiophene rings is 1. The molecule has 0 radical (unpaired) electrons. The van der Waals surface area contributed by atoms with Crippen molar-refractivity contribution in [2.24, 2.45) is 17.3 Å². The Morgan fingerprint density at radius 3 is 2.48 bits per heavy atom. The van der Waals surface area contributed by atoms with Gasteiger partial charge in [-0.1, -0.05) is 27.7 Å². The zero-order valence-electron chi connectivity index (χ0n) is 14.3. The van der Waals surface area contributed by atoms with E-state index in [0.717, 1.165) is 18.4 Å². The second-order valence-corrected chi connectivity index (χ2v) is 8.65. The average molecular weight is 308 g/mol. The first kappa shape index (κ1) is 17.0. The maximum atomic E-state index is 3.84. The predicted molar refractivity (Wildman–Crippen MR) is 95.0 cm³/mol. The van der Waals surface area contributed by atoms with Crippen molar-refractivity contribution in [3.8, 4) is 0 Å². The van der Waals surface area contributed by atoms with Gasteiger partial charge in [0, 0.05) is 6.04 Å². The highest BCUT2D eigenvalue weighted by atomic mass is 32.1. The molecule has 0 spiro atoms. The summed E-state index contributed by atoms with van der Waals surface area (Å²) >= 11 is 1.83. The molecular formula is C19H33NS. The summed E-state index contributed by atoms with van der Waals surface area (Å²) < 4.78 is 0. The predicted octanol–water partition coefficient (Wildman–Crippen LogP) is 5.51. The van der Waals surface area contributed by atoms with Gasteiger partial charge >= 0.3 is 0 Å². The standard InChI is InChI=1S/C19H33NS/c1-5-11-20-18(13-15-10-12-21-14-15)16-6-8-17(9-7-16)19(2,3)4/h10,12,14,16-18,20H,5-9,11,13H2,1-4H3. The quantitative estimate of drug-likeness (QED) is 0.730. The molecule has 0 amide bonds. The molecule has 1 heterocycles. The van der Waals surface area contributed by atoms with Crippen molar-refractivity contribution in [2.75, 3.05) is 6.54 Å². The first-order valence-corrected chi connectivity index (χ1v) is 9.69. The number of hydrogen-bond acceptors (Lipinski definition) is 2. The maximum absolute atomic E-state index is 3.84. The molecule has 0 aliphatic heterocycles. The van der Waals surface area contributed by atoms with E-state index in [9.17, 15) is 0 Å². The lowest BCUT2D eigenvalue weighted by molar-refractivity contribution is 0.132. The van der Waals surface area contributed by atoms with E-state index in [4.69, 9.17) is 0 Å². The van der Waals surface area contributed by atoms with Crippen LogP contribution in [0.3, 0.4) is 0 Å². The third kappa shape index (κ3) is 5.10. The lowest BCUT2D eigenvalue weighted by Gasteiger charge is -2.39. The van der Waals surface area contributed by atoms with E-state index in [1.807, 2.05) is 11.3 Å². The molecular weight excluding hydrogens is 274 g/mol. The van der Waals surface area contributed by atoms with Gasteiger partial charge in [0.25, 0.3) is 0 Å². The van der Waals surface area contributed by atoms with Crippen LogP contribution in [0.4, 0.5) is 0 Å². The lowest BCUT2D eigenvalue weighted by atomic mass is 9.68. The smallest absolute Gasteiger partial charge is 0.0136 e. The van der Waals surface area contributed by atoms with Gasteiger partial charge in [0.2, 0.25) is 0 Å². The van der Waals surface area contributed by atoms with E-state index in [1.165, 1.54) is 44.1 Å². The number of rotatable bonds is 6. The monoisotopic (exact) mass is 307 g/mol. The van der Waals surface area contributed by atoms with Gasteiger partial charge in [-0.15, -0.1) is 0 Å². The van der Waals surface area contributed by atoms with Crippen LogP contribution in [0.2, 0.25) is 0 Å². The van der Waals surface area contributed by atoms with E-state index in [-0.39, 0.29) is 0 Å². The molecule has 0 aromatic carbocycles. The summed E-state index contributed by atoms with van der Waals surface area (Å²) in [5, 5.41) is 8.37. The SMILES string of the molecule is CCCNC(Cc1ccsc1)C1CCC(C(C)(C)C)CC1. The third-order valence-corrected chi connectivity index (χ3v) is 5.99. The molecule has 21 heavy (non-hydrogen) atoms. The average Bonchev–Trinajstić information content (AvgIpc) is 2.95. The summed E-state index contributed by atoms with van der Waals surface area (Å²) in [5.41, 5.74) is 2.01. The highest BCUT2D eigenvalue weighted by Gasteiger charge is 2.32. The Morgan fingerprint density at radius 1 is 1.24 bits per heavy atom. The Balaban J connectivity index is 1.92. The van der Waals surface area contributed by atoms with Gasteiger partial charge in [-0.2, -0.15) is 11.3 Å². The molecule has 0 saturated heterocycles. The minimum absolute atomic E-state index is 0.491. The largest absolute Gasteiger partial charge is 0.313 e. The van der Waals surface area contributed by atoms with E-state index in [2.05, 4.69) is 49.8 Å². The van der Waals surface area contributed by atoms with Gasteiger partial charge in [-0.3, -0.25) is 0 Å². The van der Waals surface area contributed by atoms with Crippen LogP contribution in [0, 0.1) is 17.3 Å². The lowest BCUT2D eigenvalue weighted by Crippen LogP contribution is -2.41. The fraction of sp³-hybridized carbons (Fsp3) is 0.789. The summed E-state index contributed by atoms with van der Waals surface area (Å²) in [6.45, 7) is 10.7. The second kappa shape index (κ2) is 7.78. The zero-order valence-corrected chi connectivity index (χ0v) is 15.1. The Labute approximate surface area is 135 Å². The first-order valence-electron chi connectivity index (χ1n) is 8.75. The van der Waals surface area contributed by atoms with Crippen molar-refractivity contribution < 1.29 is 0 Å². The molecule has 1 saturated carbocycles. The summed E-state index contributed by atoms with van der Waals surface area (Å²) in [7, 11) is 0. The Bertz CT molecular complexity index is 382. The summed E-state index contributed by atoms with van der Waals surface area (Å²) in [6, 6.07) is 2.98. The van der Waals surface area contributed by atoms with Crippen molar-refractivity contribution in [3.63, 3.8) is 0 Å². The highest BCUT2D eigenvalue weighted by Crippen LogP contribution is 2.41. The van der Waals surface area contributed by atoms with Crippen molar-refractivity contribution >= 4 is 11.3 Å². The molecule has 1 atom stereocenters. The van der Waals surface area contributed by atoms with Crippen LogP contribution in [0.15, 0.2) is 16.8 Å². The van der Waals surface area contributed by atoms with Crippen LogP contribution in [0.1, 0.15) is 65.4 Å². The van der Waals surface area contributed by atoms with Crippen molar-refractivity contribution in [2.45, 2.75) is 72.3 Å². The van der Waals surface area contributed by atoms with Crippen LogP contribution in [0.5, 0.6) is 0 Å². The molecule has 120 valence electrons. The molecule has 1 nitrogen and oxygen atoms in total. The van der Waals surface area contributed by atoms with Gasteiger partial charge in [0.15, 0.2) is 0 Å². The van der Waals surface area contributed by atoms with Crippen LogP contribution in [0.25, 0.3) is 0 Å². The molecule has 1 unspecified atom stereocenters. The van der Waals surface area contributed by atoms with Gasteiger partial charge < -0.3 is 5.32 Å². The number of hydrogen-bond donors (Lipinski definition) is 1. The molecule has 2 rings (SSSR count). The maximum Gasteiger partial charge on any atom is 0.0136 e. The zero-order chi connectivity index (χ0) is 15.3. The molecule has 1 N–H and O–H groups in total. The Hall–Kier alpha value is -0.340. The molecule has 1 aromatic heterocycles. The summed E-state index contributed by atoms with van der Waals surface area (Å²) in [6.07, 6.45) is 8.11.